The third-order valence-electron chi connectivity index (χ3n) is 1.71. The lowest BCUT2D eigenvalue weighted by Gasteiger charge is -2.01. The molecule has 1 aromatic carbocycles. The number of aromatic nitrogens is 2. The zero-order chi connectivity index (χ0) is 10.7. The van der Waals surface area contributed by atoms with Crippen LogP contribution < -0.4 is 5.73 Å². The lowest BCUT2D eigenvalue weighted by Crippen LogP contribution is -1.96. The molecule has 2 rings (SSSR count). The molecule has 2 N–H and O–H groups in total. The molecule has 6 heteroatoms. The zero-order valence-corrected chi connectivity index (χ0v) is 9.32. The summed E-state index contributed by atoms with van der Waals surface area (Å²) in [5, 5.41) is 7.59. The van der Waals surface area contributed by atoms with Gasteiger partial charge in [-0.1, -0.05) is 23.1 Å². The van der Waals surface area contributed by atoms with Gasteiger partial charge in [-0.05, 0) is 23.8 Å². The highest BCUT2D eigenvalue weighted by Crippen LogP contribution is 2.29. The highest BCUT2D eigenvalue weighted by molar-refractivity contribution is 8.01. The van der Waals surface area contributed by atoms with Crippen molar-refractivity contribution in [3.63, 3.8) is 0 Å². The maximum absolute atomic E-state index is 13.1. The molecule has 0 bridgehead atoms. The SMILES string of the molecule is NCc1cc(F)cc(Sc2nncs2)c1. The minimum Gasteiger partial charge on any atom is -0.326 e. The minimum atomic E-state index is -0.273. The summed E-state index contributed by atoms with van der Waals surface area (Å²) in [7, 11) is 0. The fraction of sp³-hybridized carbons (Fsp3) is 0.111. The van der Waals surface area contributed by atoms with Crippen LogP contribution in [0.4, 0.5) is 4.39 Å². The molecule has 0 unspecified atom stereocenters. The number of hydrogen-bond acceptors (Lipinski definition) is 5. The van der Waals surface area contributed by atoms with Crippen molar-refractivity contribution in [2.24, 2.45) is 5.73 Å². The molecule has 1 aromatic heterocycles. The van der Waals surface area contributed by atoms with Crippen molar-refractivity contribution in [3.05, 3.63) is 35.1 Å². The van der Waals surface area contributed by atoms with E-state index in [0.29, 0.717) is 6.54 Å². The molecular weight excluding hydrogens is 233 g/mol. The number of benzene rings is 1. The number of halogens is 1. The van der Waals surface area contributed by atoms with Gasteiger partial charge in [-0.2, -0.15) is 0 Å². The van der Waals surface area contributed by atoms with E-state index in [4.69, 9.17) is 5.73 Å². The normalized spacial score (nSPS) is 10.5. The van der Waals surface area contributed by atoms with Crippen molar-refractivity contribution in [2.75, 3.05) is 0 Å². The Morgan fingerprint density at radius 1 is 1.40 bits per heavy atom. The van der Waals surface area contributed by atoms with E-state index in [1.54, 1.807) is 5.51 Å². The van der Waals surface area contributed by atoms with Gasteiger partial charge < -0.3 is 5.73 Å². The summed E-state index contributed by atoms with van der Waals surface area (Å²) in [6, 6.07) is 4.75. The van der Waals surface area contributed by atoms with Crippen molar-refractivity contribution in [1.29, 1.82) is 0 Å². The first-order valence-corrected chi connectivity index (χ1v) is 5.91. The zero-order valence-electron chi connectivity index (χ0n) is 7.68. The van der Waals surface area contributed by atoms with Crippen LogP contribution in [0.1, 0.15) is 5.56 Å². The quantitative estimate of drug-likeness (QED) is 0.895. The largest absolute Gasteiger partial charge is 0.326 e. The summed E-state index contributed by atoms with van der Waals surface area (Å²) in [5.74, 6) is -0.273. The standard InChI is InChI=1S/C9H8FN3S2/c10-7-1-6(4-11)2-8(3-7)15-9-13-12-5-14-9/h1-3,5H,4,11H2. The van der Waals surface area contributed by atoms with E-state index in [-0.39, 0.29) is 5.82 Å². The van der Waals surface area contributed by atoms with Crippen LogP contribution >= 0.6 is 23.1 Å². The maximum Gasteiger partial charge on any atom is 0.178 e. The lowest BCUT2D eigenvalue weighted by molar-refractivity contribution is 0.621. The van der Waals surface area contributed by atoms with E-state index in [0.717, 1.165) is 14.8 Å². The van der Waals surface area contributed by atoms with Crippen LogP contribution in [0.3, 0.4) is 0 Å². The summed E-state index contributed by atoms with van der Waals surface area (Å²) < 4.78 is 13.9. The molecular formula is C9H8FN3S2. The van der Waals surface area contributed by atoms with Gasteiger partial charge in [0.25, 0.3) is 0 Å². The van der Waals surface area contributed by atoms with E-state index >= 15 is 0 Å². The van der Waals surface area contributed by atoms with Gasteiger partial charge in [-0.15, -0.1) is 10.2 Å². The summed E-state index contributed by atoms with van der Waals surface area (Å²) in [6.45, 7) is 0.335. The van der Waals surface area contributed by atoms with Gasteiger partial charge in [0, 0.05) is 11.4 Å². The lowest BCUT2D eigenvalue weighted by atomic mass is 10.2. The number of hydrogen-bond donors (Lipinski definition) is 1. The van der Waals surface area contributed by atoms with Gasteiger partial charge >= 0.3 is 0 Å². The summed E-state index contributed by atoms with van der Waals surface area (Å²) in [4.78, 5) is 0.798. The Hall–Kier alpha value is -0.980. The summed E-state index contributed by atoms with van der Waals surface area (Å²) >= 11 is 2.81. The molecule has 0 saturated carbocycles. The highest BCUT2D eigenvalue weighted by Gasteiger charge is 2.04. The van der Waals surface area contributed by atoms with E-state index in [9.17, 15) is 4.39 Å². The molecule has 0 saturated heterocycles. The predicted octanol–water partition coefficient (Wildman–Crippen LogP) is 2.29. The molecule has 15 heavy (non-hydrogen) atoms. The Kier molecular flexibility index (Phi) is 3.30. The fourth-order valence-corrected chi connectivity index (χ4v) is 2.67. The first-order valence-electron chi connectivity index (χ1n) is 4.21. The van der Waals surface area contributed by atoms with Gasteiger partial charge in [0.2, 0.25) is 0 Å². The van der Waals surface area contributed by atoms with Crippen molar-refractivity contribution < 1.29 is 4.39 Å². The molecule has 0 fully saturated rings. The van der Waals surface area contributed by atoms with Crippen LogP contribution in [0.2, 0.25) is 0 Å². The van der Waals surface area contributed by atoms with Crippen LogP contribution in [0.15, 0.2) is 32.9 Å². The predicted molar refractivity (Wildman–Crippen MR) is 58.3 cm³/mol. The minimum absolute atomic E-state index is 0.273. The number of rotatable bonds is 3. The Bertz CT molecular complexity index is 445. The average Bonchev–Trinajstić information content (AvgIpc) is 2.69. The third kappa shape index (κ3) is 2.74. The molecule has 0 aliphatic carbocycles. The molecule has 0 amide bonds. The molecule has 0 aliphatic heterocycles. The summed E-state index contributed by atoms with van der Waals surface area (Å²) in [6.07, 6.45) is 0. The molecule has 0 atom stereocenters. The topological polar surface area (TPSA) is 51.8 Å². The van der Waals surface area contributed by atoms with Crippen molar-refractivity contribution >= 4 is 23.1 Å². The maximum atomic E-state index is 13.1. The van der Waals surface area contributed by atoms with Gasteiger partial charge in [0.15, 0.2) is 4.34 Å². The van der Waals surface area contributed by atoms with E-state index in [1.807, 2.05) is 6.07 Å². The third-order valence-corrected chi connectivity index (χ3v) is 3.46. The van der Waals surface area contributed by atoms with E-state index in [1.165, 1.54) is 35.2 Å². The van der Waals surface area contributed by atoms with Crippen LogP contribution in [0.5, 0.6) is 0 Å². The van der Waals surface area contributed by atoms with Gasteiger partial charge in [0.05, 0.1) is 0 Å². The van der Waals surface area contributed by atoms with Gasteiger partial charge in [0.1, 0.15) is 11.3 Å². The second-order valence-corrected chi connectivity index (χ2v) is 4.96. The molecule has 0 radical (unpaired) electrons. The number of nitrogens with zero attached hydrogens (tertiary/aromatic N) is 2. The van der Waals surface area contributed by atoms with Crippen LogP contribution in [-0.4, -0.2) is 10.2 Å². The van der Waals surface area contributed by atoms with Crippen molar-refractivity contribution in [3.8, 4) is 0 Å². The Morgan fingerprint density at radius 2 is 2.27 bits per heavy atom. The first kappa shape index (κ1) is 10.5. The van der Waals surface area contributed by atoms with Crippen LogP contribution in [0.25, 0.3) is 0 Å². The first-order chi connectivity index (χ1) is 7.28. The Morgan fingerprint density at radius 3 is 2.93 bits per heavy atom. The van der Waals surface area contributed by atoms with Crippen LogP contribution in [0, 0.1) is 5.82 Å². The monoisotopic (exact) mass is 241 g/mol. The molecule has 0 spiro atoms. The fourth-order valence-electron chi connectivity index (χ4n) is 1.11. The van der Waals surface area contributed by atoms with Gasteiger partial charge in [-0.25, -0.2) is 4.39 Å². The second-order valence-electron chi connectivity index (χ2n) is 2.81. The average molecular weight is 241 g/mol. The van der Waals surface area contributed by atoms with E-state index in [2.05, 4.69) is 10.2 Å². The van der Waals surface area contributed by atoms with Crippen molar-refractivity contribution in [2.45, 2.75) is 15.8 Å². The van der Waals surface area contributed by atoms with Crippen LogP contribution in [-0.2, 0) is 6.54 Å². The molecule has 2 aromatic rings. The summed E-state index contributed by atoms with van der Waals surface area (Å²) in [5.41, 5.74) is 7.88. The smallest absolute Gasteiger partial charge is 0.178 e. The van der Waals surface area contributed by atoms with E-state index < -0.39 is 0 Å². The van der Waals surface area contributed by atoms with Gasteiger partial charge in [-0.3, -0.25) is 0 Å². The molecule has 3 nitrogen and oxygen atoms in total. The highest BCUT2D eigenvalue weighted by atomic mass is 32.2. The second kappa shape index (κ2) is 4.69. The molecule has 78 valence electrons. The molecule has 1 heterocycles. The Labute approximate surface area is 94.5 Å². The van der Waals surface area contributed by atoms with Crippen molar-refractivity contribution in [1.82, 2.24) is 10.2 Å². The Balaban J connectivity index is 2.24. The number of nitrogens with two attached hydrogens (primary N) is 1. The molecule has 0 aliphatic rings.